The lowest BCUT2D eigenvalue weighted by Crippen LogP contribution is -2.18. The summed E-state index contributed by atoms with van der Waals surface area (Å²) in [6.45, 7) is 3.90. The molecule has 3 aromatic rings. The highest BCUT2D eigenvalue weighted by Gasteiger charge is 2.30. The lowest BCUT2D eigenvalue weighted by atomic mass is 9.95. The van der Waals surface area contributed by atoms with Gasteiger partial charge in [-0.25, -0.2) is 4.98 Å². The molecule has 8 heteroatoms. The molecule has 1 aliphatic rings. The van der Waals surface area contributed by atoms with Crippen LogP contribution in [0.4, 0.5) is 36.3 Å². The maximum absolute atomic E-state index is 13.1. The molecule has 0 bridgehead atoms. The number of fused-ring (bicyclic) bond motifs is 1. The van der Waals surface area contributed by atoms with E-state index < -0.39 is 11.7 Å². The van der Waals surface area contributed by atoms with E-state index in [4.69, 9.17) is 0 Å². The van der Waals surface area contributed by atoms with Gasteiger partial charge in [0.1, 0.15) is 5.82 Å². The average Bonchev–Trinajstić information content (AvgIpc) is 2.70. The lowest BCUT2D eigenvalue weighted by Gasteiger charge is -2.21. The maximum Gasteiger partial charge on any atom is 0.416 e. The summed E-state index contributed by atoms with van der Waals surface area (Å²) in [5.74, 6) is 0.462. The summed E-state index contributed by atoms with van der Waals surface area (Å²) >= 11 is 0. The third-order valence-electron chi connectivity index (χ3n) is 5.25. The van der Waals surface area contributed by atoms with E-state index in [1.54, 1.807) is 0 Å². The molecule has 1 heterocycles. The van der Waals surface area contributed by atoms with Crippen LogP contribution in [0, 0.1) is 13.8 Å². The summed E-state index contributed by atoms with van der Waals surface area (Å²) in [7, 11) is 0. The SMILES string of the molecule is Cc1cccc(C)c1Nc1nc(Nc2cccc(C(F)(F)F)c2)nc2c1C(=O)CCC2. The number of nitrogens with one attached hydrogen (secondary N) is 2. The monoisotopic (exact) mass is 426 g/mol. The molecule has 0 saturated carbocycles. The molecule has 2 N–H and O–H groups in total. The Labute approximate surface area is 177 Å². The van der Waals surface area contributed by atoms with Crippen molar-refractivity contribution < 1.29 is 18.0 Å². The Kier molecular flexibility index (Phi) is 5.39. The van der Waals surface area contributed by atoms with Crippen LogP contribution >= 0.6 is 0 Å². The van der Waals surface area contributed by atoms with E-state index in [1.807, 2.05) is 32.0 Å². The molecule has 0 aliphatic heterocycles. The molecule has 1 aliphatic carbocycles. The second-order valence-corrected chi connectivity index (χ2v) is 7.59. The Bertz CT molecular complexity index is 1140. The number of benzene rings is 2. The maximum atomic E-state index is 13.1. The number of anilines is 4. The molecule has 2 aromatic carbocycles. The minimum Gasteiger partial charge on any atom is -0.339 e. The second-order valence-electron chi connectivity index (χ2n) is 7.59. The minimum absolute atomic E-state index is 0.0411. The summed E-state index contributed by atoms with van der Waals surface area (Å²) in [5.41, 5.74) is 3.31. The van der Waals surface area contributed by atoms with Crippen molar-refractivity contribution in [3.63, 3.8) is 0 Å². The molecule has 5 nitrogen and oxygen atoms in total. The van der Waals surface area contributed by atoms with Crippen molar-refractivity contribution in [3.8, 4) is 0 Å². The molecular formula is C23H21F3N4O. The predicted octanol–water partition coefficient (Wildman–Crippen LogP) is 6.12. The Morgan fingerprint density at radius 3 is 2.35 bits per heavy atom. The van der Waals surface area contributed by atoms with Crippen molar-refractivity contribution in [3.05, 3.63) is 70.4 Å². The van der Waals surface area contributed by atoms with Crippen molar-refractivity contribution in [1.29, 1.82) is 0 Å². The van der Waals surface area contributed by atoms with E-state index in [0.29, 0.717) is 36.3 Å². The number of alkyl halides is 3. The third kappa shape index (κ3) is 4.38. The zero-order chi connectivity index (χ0) is 22.2. The van der Waals surface area contributed by atoms with Gasteiger partial charge < -0.3 is 10.6 Å². The molecule has 0 unspecified atom stereocenters. The number of nitrogens with zero attached hydrogens (tertiary/aromatic N) is 2. The molecule has 0 amide bonds. The van der Waals surface area contributed by atoms with E-state index >= 15 is 0 Å². The van der Waals surface area contributed by atoms with E-state index in [2.05, 4.69) is 20.6 Å². The molecule has 0 fully saturated rings. The highest BCUT2D eigenvalue weighted by Crippen LogP contribution is 2.33. The highest BCUT2D eigenvalue weighted by atomic mass is 19.4. The number of carbonyl (C=O) groups is 1. The van der Waals surface area contributed by atoms with E-state index in [0.717, 1.165) is 28.9 Å². The number of hydrogen-bond acceptors (Lipinski definition) is 5. The summed E-state index contributed by atoms with van der Waals surface area (Å²) < 4.78 is 39.2. The van der Waals surface area contributed by atoms with Crippen molar-refractivity contribution in [2.24, 2.45) is 0 Å². The van der Waals surface area contributed by atoms with Crippen LogP contribution in [-0.4, -0.2) is 15.8 Å². The Hall–Kier alpha value is -3.42. The Balaban J connectivity index is 1.75. The average molecular weight is 426 g/mol. The van der Waals surface area contributed by atoms with E-state index in [9.17, 15) is 18.0 Å². The quantitative estimate of drug-likeness (QED) is 0.526. The van der Waals surface area contributed by atoms with Crippen molar-refractivity contribution in [2.45, 2.75) is 39.3 Å². The number of para-hydroxylation sites is 1. The summed E-state index contributed by atoms with van der Waals surface area (Å²) in [6, 6.07) is 10.7. The molecule has 31 heavy (non-hydrogen) atoms. The largest absolute Gasteiger partial charge is 0.416 e. The summed E-state index contributed by atoms with van der Waals surface area (Å²) in [5, 5.41) is 6.13. The summed E-state index contributed by atoms with van der Waals surface area (Å²) in [6.07, 6.45) is -2.76. The first-order chi connectivity index (χ1) is 14.7. The summed E-state index contributed by atoms with van der Waals surface area (Å²) in [4.78, 5) is 21.5. The zero-order valence-corrected chi connectivity index (χ0v) is 17.1. The van der Waals surface area contributed by atoms with Gasteiger partial charge in [0, 0.05) is 17.8 Å². The normalized spacial score (nSPS) is 13.6. The number of Topliss-reactive ketones (excluding diaryl/α,β-unsaturated/α-hetero) is 1. The number of aromatic nitrogens is 2. The third-order valence-corrected chi connectivity index (χ3v) is 5.25. The van der Waals surface area contributed by atoms with Crippen LogP contribution in [0.1, 0.15) is 45.6 Å². The molecule has 0 radical (unpaired) electrons. The fraction of sp³-hybridized carbons (Fsp3) is 0.261. The molecule has 0 saturated heterocycles. The molecule has 1 aromatic heterocycles. The predicted molar refractivity (Wildman–Crippen MR) is 113 cm³/mol. The molecular weight excluding hydrogens is 405 g/mol. The fourth-order valence-corrected chi connectivity index (χ4v) is 3.70. The topological polar surface area (TPSA) is 66.9 Å². The Morgan fingerprint density at radius 2 is 1.65 bits per heavy atom. The van der Waals surface area contributed by atoms with Crippen LogP contribution in [0.15, 0.2) is 42.5 Å². The van der Waals surface area contributed by atoms with Crippen LogP contribution in [-0.2, 0) is 12.6 Å². The van der Waals surface area contributed by atoms with Crippen molar-refractivity contribution in [1.82, 2.24) is 9.97 Å². The number of carbonyl (C=O) groups excluding carboxylic acids is 1. The van der Waals surface area contributed by atoms with Crippen molar-refractivity contribution >= 4 is 28.9 Å². The van der Waals surface area contributed by atoms with Crippen LogP contribution in [0.3, 0.4) is 0 Å². The van der Waals surface area contributed by atoms with Crippen LogP contribution < -0.4 is 10.6 Å². The van der Waals surface area contributed by atoms with E-state index in [-0.39, 0.29) is 17.4 Å². The zero-order valence-electron chi connectivity index (χ0n) is 17.1. The molecule has 0 atom stereocenters. The van der Waals surface area contributed by atoms with Gasteiger partial charge in [0.25, 0.3) is 0 Å². The smallest absolute Gasteiger partial charge is 0.339 e. The van der Waals surface area contributed by atoms with Crippen LogP contribution in [0.5, 0.6) is 0 Å². The van der Waals surface area contributed by atoms with Crippen LogP contribution in [0.25, 0.3) is 0 Å². The number of halogens is 3. The first kappa shape index (κ1) is 20.8. The fourth-order valence-electron chi connectivity index (χ4n) is 3.70. The highest BCUT2D eigenvalue weighted by molar-refractivity contribution is 6.03. The van der Waals surface area contributed by atoms with Gasteiger partial charge in [0.2, 0.25) is 5.95 Å². The lowest BCUT2D eigenvalue weighted by molar-refractivity contribution is -0.137. The number of hydrogen-bond donors (Lipinski definition) is 2. The molecule has 0 spiro atoms. The second kappa shape index (κ2) is 8.02. The molecule has 160 valence electrons. The van der Waals surface area contributed by atoms with Gasteiger partial charge >= 0.3 is 6.18 Å². The van der Waals surface area contributed by atoms with E-state index in [1.165, 1.54) is 12.1 Å². The van der Waals surface area contributed by atoms with Gasteiger partial charge in [-0.3, -0.25) is 4.79 Å². The standard InChI is InChI=1S/C23H21F3N4O/c1-13-6-3-7-14(2)20(13)29-21-19-17(10-5-11-18(19)31)28-22(30-21)27-16-9-4-8-15(12-16)23(24,25)26/h3-4,6-9,12H,5,10-11H2,1-2H3,(H2,27,28,29,30). The number of ketones is 1. The van der Waals surface area contributed by atoms with Gasteiger partial charge in [-0.2, -0.15) is 18.2 Å². The van der Waals surface area contributed by atoms with Crippen LogP contribution in [0.2, 0.25) is 0 Å². The van der Waals surface area contributed by atoms with Gasteiger partial charge in [-0.05, 0) is 56.0 Å². The minimum atomic E-state index is -4.45. The van der Waals surface area contributed by atoms with Crippen molar-refractivity contribution in [2.75, 3.05) is 10.6 Å². The Morgan fingerprint density at radius 1 is 0.935 bits per heavy atom. The number of rotatable bonds is 4. The van der Waals surface area contributed by atoms with Gasteiger partial charge in [-0.15, -0.1) is 0 Å². The van der Waals surface area contributed by atoms with Gasteiger partial charge in [0.15, 0.2) is 5.78 Å². The first-order valence-electron chi connectivity index (χ1n) is 9.94. The van der Waals surface area contributed by atoms with Gasteiger partial charge in [0.05, 0.1) is 16.8 Å². The molecule has 4 rings (SSSR count). The number of aryl methyl sites for hydroxylation is 3. The first-order valence-corrected chi connectivity index (χ1v) is 9.94. The van der Waals surface area contributed by atoms with Gasteiger partial charge in [-0.1, -0.05) is 24.3 Å².